The summed E-state index contributed by atoms with van der Waals surface area (Å²) in [4.78, 5) is 23.7. The quantitative estimate of drug-likeness (QED) is 0.437. The van der Waals surface area contributed by atoms with Gasteiger partial charge in [-0.1, -0.05) is 19.4 Å². The highest BCUT2D eigenvalue weighted by Gasteiger charge is 2.14. The molecule has 9 heteroatoms. The lowest BCUT2D eigenvalue weighted by molar-refractivity contribution is 0.0995. The van der Waals surface area contributed by atoms with Gasteiger partial charge in [0, 0.05) is 12.6 Å². The number of hydrogen-bond donors (Lipinski definition) is 4. The number of carbonyl (C=O) groups excluding carboxylic acids is 1. The predicted octanol–water partition coefficient (Wildman–Crippen LogP) is 1.51. The zero-order valence-electron chi connectivity index (χ0n) is 15.2. The molecular weight excluding hydrogens is 348 g/mol. The van der Waals surface area contributed by atoms with Gasteiger partial charge >= 0.3 is 0 Å². The number of aromatic nitrogens is 3. The molecule has 0 aliphatic carbocycles. The number of ether oxygens (including phenoxy) is 1. The molecule has 0 aromatic carbocycles. The minimum Gasteiger partial charge on any atom is -0.482 e. The van der Waals surface area contributed by atoms with Gasteiger partial charge in [-0.3, -0.25) is 4.79 Å². The summed E-state index contributed by atoms with van der Waals surface area (Å²) in [7, 11) is 0. The monoisotopic (exact) mass is 372 g/mol. The molecule has 0 radical (unpaired) electrons. The van der Waals surface area contributed by atoms with Gasteiger partial charge in [-0.05, 0) is 25.0 Å². The first kappa shape index (κ1) is 20.2. The maximum atomic E-state index is 11.2. The van der Waals surface area contributed by atoms with Crippen LogP contribution in [0.4, 0.5) is 5.82 Å². The Morgan fingerprint density at radius 2 is 2.22 bits per heavy atom. The van der Waals surface area contributed by atoms with Gasteiger partial charge in [0.1, 0.15) is 12.3 Å². The van der Waals surface area contributed by atoms with Crippen LogP contribution in [0, 0.1) is 5.41 Å². The van der Waals surface area contributed by atoms with Crippen LogP contribution in [0.15, 0.2) is 24.4 Å². The molecule has 2 rings (SSSR count). The van der Waals surface area contributed by atoms with Crippen molar-refractivity contribution in [3.8, 4) is 5.75 Å². The molecule has 0 saturated carbocycles. The normalized spacial score (nSPS) is 11.6. The maximum Gasteiger partial charge on any atom is 0.267 e. The first-order chi connectivity index (χ1) is 13.1. The SMILES string of the molecule is CCCC(CCO)Nc1nc(C=N)ncc1OCc1cccc(C(N)=O)n1. The minimum atomic E-state index is -0.607. The third-order valence-corrected chi connectivity index (χ3v) is 3.79. The predicted molar refractivity (Wildman–Crippen MR) is 101 cm³/mol. The zero-order chi connectivity index (χ0) is 19.6. The van der Waals surface area contributed by atoms with E-state index < -0.39 is 5.91 Å². The average Bonchev–Trinajstić information content (AvgIpc) is 2.67. The fraction of sp³-hybridized carbons (Fsp3) is 0.389. The van der Waals surface area contributed by atoms with E-state index in [0.29, 0.717) is 23.7 Å². The smallest absolute Gasteiger partial charge is 0.267 e. The van der Waals surface area contributed by atoms with Crippen LogP contribution in [0.3, 0.4) is 0 Å². The molecule has 0 saturated heterocycles. The molecular formula is C18H24N6O3. The number of aliphatic hydroxyl groups is 1. The molecule has 0 fully saturated rings. The number of pyridine rings is 1. The standard InChI is InChI=1S/C18H24N6O3/c1-2-4-12(7-8-25)23-18-15(10-21-16(9-19)24-18)27-11-13-5-3-6-14(22-13)17(20)26/h3,5-6,9-10,12,19,25H,2,4,7-8,11H2,1H3,(H2,20,26)(H,21,23,24). The van der Waals surface area contributed by atoms with E-state index >= 15 is 0 Å². The molecule has 1 unspecified atom stereocenters. The second-order valence-electron chi connectivity index (χ2n) is 5.89. The van der Waals surface area contributed by atoms with Gasteiger partial charge in [0.2, 0.25) is 0 Å². The lowest BCUT2D eigenvalue weighted by atomic mass is 10.1. The molecule has 144 valence electrons. The Kier molecular flexibility index (Phi) is 7.63. The summed E-state index contributed by atoms with van der Waals surface area (Å²) < 4.78 is 5.77. The van der Waals surface area contributed by atoms with Crippen molar-refractivity contribution in [2.75, 3.05) is 11.9 Å². The molecule has 2 heterocycles. The summed E-state index contributed by atoms with van der Waals surface area (Å²) in [5.74, 6) is 0.481. The number of rotatable bonds is 11. The highest BCUT2D eigenvalue weighted by atomic mass is 16.5. The minimum absolute atomic E-state index is 0.0205. The van der Waals surface area contributed by atoms with Crippen molar-refractivity contribution in [2.45, 2.75) is 38.8 Å². The van der Waals surface area contributed by atoms with Crippen molar-refractivity contribution in [1.29, 1.82) is 5.41 Å². The van der Waals surface area contributed by atoms with Crippen molar-refractivity contribution in [3.05, 3.63) is 41.6 Å². The van der Waals surface area contributed by atoms with E-state index in [1.165, 1.54) is 12.3 Å². The Balaban J connectivity index is 2.18. The largest absolute Gasteiger partial charge is 0.482 e. The molecule has 2 aromatic rings. The van der Waals surface area contributed by atoms with E-state index in [9.17, 15) is 9.90 Å². The van der Waals surface area contributed by atoms with Crippen molar-refractivity contribution in [2.24, 2.45) is 5.73 Å². The van der Waals surface area contributed by atoms with Crippen molar-refractivity contribution < 1.29 is 14.6 Å². The fourth-order valence-corrected chi connectivity index (χ4v) is 2.50. The van der Waals surface area contributed by atoms with E-state index in [1.54, 1.807) is 12.1 Å². The fourth-order valence-electron chi connectivity index (χ4n) is 2.50. The van der Waals surface area contributed by atoms with Crippen molar-refractivity contribution in [3.63, 3.8) is 0 Å². The van der Waals surface area contributed by atoms with Crippen LogP contribution in [0.5, 0.6) is 5.75 Å². The van der Waals surface area contributed by atoms with Crippen molar-refractivity contribution >= 4 is 17.9 Å². The molecule has 0 aliphatic heterocycles. The van der Waals surface area contributed by atoms with Gasteiger partial charge in [-0.2, -0.15) is 0 Å². The number of aliphatic hydroxyl groups excluding tert-OH is 1. The summed E-state index contributed by atoms with van der Waals surface area (Å²) in [5.41, 5.74) is 5.94. The molecule has 0 bridgehead atoms. The second-order valence-corrected chi connectivity index (χ2v) is 5.89. The third-order valence-electron chi connectivity index (χ3n) is 3.79. The van der Waals surface area contributed by atoms with Crippen molar-refractivity contribution in [1.82, 2.24) is 15.0 Å². The van der Waals surface area contributed by atoms with Gasteiger partial charge in [-0.25, -0.2) is 15.0 Å². The molecule has 9 nitrogen and oxygen atoms in total. The first-order valence-electron chi connectivity index (χ1n) is 8.70. The van der Waals surface area contributed by atoms with Gasteiger partial charge < -0.3 is 26.3 Å². The van der Waals surface area contributed by atoms with Gasteiger partial charge in [0.05, 0.1) is 18.1 Å². The van der Waals surface area contributed by atoms with Crippen LogP contribution < -0.4 is 15.8 Å². The molecule has 0 spiro atoms. The summed E-state index contributed by atoms with van der Waals surface area (Å²) in [5, 5.41) is 19.8. The van der Waals surface area contributed by atoms with Crippen LogP contribution in [0.1, 0.15) is 48.2 Å². The lowest BCUT2D eigenvalue weighted by Gasteiger charge is -2.20. The van der Waals surface area contributed by atoms with Crippen LogP contribution in [0.25, 0.3) is 0 Å². The van der Waals surface area contributed by atoms with E-state index in [4.69, 9.17) is 15.9 Å². The molecule has 1 amide bonds. The number of anilines is 1. The summed E-state index contributed by atoms with van der Waals surface area (Å²) >= 11 is 0. The van der Waals surface area contributed by atoms with Crippen LogP contribution in [-0.2, 0) is 6.61 Å². The molecule has 0 aliphatic rings. The summed E-state index contributed by atoms with van der Waals surface area (Å²) in [6.45, 7) is 2.21. The van der Waals surface area contributed by atoms with Crippen LogP contribution in [0.2, 0.25) is 0 Å². The third kappa shape index (κ3) is 6.00. The van der Waals surface area contributed by atoms with Gasteiger partial charge in [-0.15, -0.1) is 0 Å². The number of amides is 1. The van der Waals surface area contributed by atoms with E-state index in [2.05, 4.69) is 27.2 Å². The molecule has 2 aromatic heterocycles. The maximum absolute atomic E-state index is 11.2. The Hall–Kier alpha value is -3.07. The molecule has 27 heavy (non-hydrogen) atoms. The van der Waals surface area contributed by atoms with Gasteiger partial charge in [0.15, 0.2) is 17.4 Å². The van der Waals surface area contributed by atoms with E-state index in [0.717, 1.165) is 19.1 Å². The summed E-state index contributed by atoms with van der Waals surface area (Å²) in [6.07, 6.45) is 4.90. The lowest BCUT2D eigenvalue weighted by Crippen LogP contribution is -2.22. The van der Waals surface area contributed by atoms with E-state index in [-0.39, 0.29) is 30.8 Å². The number of hydrogen-bond acceptors (Lipinski definition) is 8. The highest BCUT2D eigenvalue weighted by molar-refractivity contribution is 5.90. The Morgan fingerprint density at radius 1 is 1.41 bits per heavy atom. The average molecular weight is 372 g/mol. The first-order valence-corrected chi connectivity index (χ1v) is 8.70. The Morgan fingerprint density at radius 3 is 2.89 bits per heavy atom. The molecule has 5 N–H and O–H groups in total. The Labute approximate surface area is 157 Å². The topological polar surface area (TPSA) is 147 Å². The number of nitrogens with zero attached hydrogens (tertiary/aromatic N) is 3. The second kappa shape index (κ2) is 10.2. The zero-order valence-corrected chi connectivity index (χ0v) is 15.2. The number of primary amides is 1. The van der Waals surface area contributed by atoms with Crippen LogP contribution >= 0.6 is 0 Å². The Bertz CT molecular complexity index is 777. The number of nitrogens with two attached hydrogens (primary N) is 1. The number of nitrogens with one attached hydrogen (secondary N) is 2. The number of carbonyl (C=O) groups is 1. The summed E-state index contributed by atoms with van der Waals surface area (Å²) in [6, 6.07) is 4.95. The molecule has 1 atom stereocenters. The van der Waals surface area contributed by atoms with Crippen LogP contribution in [-0.4, -0.2) is 44.8 Å². The highest BCUT2D eigenvalue weighted by Crippen LogP contribution is 2.24. The van der Waals surface area contributed by atoms with E-state index in [1.807, 2.05) is 0 Å². The van der Waals surface area contributed by atoms with Gasteiger partial charge in [0.25, 0.3) is 5.91 Å².